The molecule has 2 heterocycles. The van der Waals surface area contributed by atoms with Crippen LogP contribution in [-0.4, -0.2) is 16.8 Å². The molecule has 0 aliphatic heterocycles. The van der Waals surface area contributed by atoms with Gasteiger partial charge in [0.25, 0.3) is 0 Å². The minimum atomic E-state index is 0.239. The van der Waals surface area contributed by atoms with E-state index in [0.29, 0.717) is 6.04 Å². The molecule has 2 atom stereocenters. The molecular weight excluding hydrogens is 262 g/mol. The van der Waals surface area contributed by atoms with Crippen LogP contribution < -0.4 is 5.32 Å². The highest BCUT2D eigenvalue weighted by atomic mass is 16.3. The first-order valence-corrected chi connectivity index (χ1v) is 7.75. The van der Waals surface area contributed by atoms with E-state index in [9.17, 15) is 0 Å². The van der Waals surface area contributed by atoms with Gasteiger partial charge in [-0.1, -0.05) is 6.92 Å². The van der Waals surface area contributed by atoms with Crippen LogP contribution in [0.25, 0.3) is 0 Å². The van der Waals surface area contributed by atoms with Gasteiger partial charge in [0.2, 0.25) is 0 Å². The second-order valence-corrected chi connectivity index (χ2v) is 5.84. The Hall–Kier alpha value is -1.55. The van der Waals surface area contributed by atoms with Crippen LogP contribution in [0.15, 0.2) is 16.7 Å². The van der Waals surface area contributed by atoms with Gasteiger partial charge < -0.3 is 9.73 Å². The molecular formula is C17H27N3O. The van der Waals surface area contributed by atoms with Crippen molar-refractivity contribution in [3.05, 3.63) is 40.6 Å². The summed E-state index contributed by atoms with van der Waals surface area (Å²) in [6, 6.07) is 2.81. The molecule has 0 aromatic carbocycles. The van der Waals surface area contributed by atoms with Gasteiger partial charge in [0.15, 0.2) is 0 Å². The predicted octanol–water partition coefficient (Wildman–Crippen LogP) is 3.88. The third kappa shape index (κ3) is 3.21. The standard InChI is InChI=1S/C17H27N3O/c1-7-11(2)20-9-8-15(19-20)10-16(18-6)17-12(3)13(4)21-14(17)5/h8-9,11,16,18H,7,10H2,1-6H3. The van der Waals surface area contributed by atoms with Crippen LogP contribution in [0.1, 0.15) is 60.7 Å². The maximum absolute atomic E-state index is 5.76. The molecule has 0 amide bonds. The molecule has 0 aliphatic carbocycles. The Balaban J connectivity index is 2.21. The maximum atomic E-state index is 5.76. The van der Waals surface area contributed by atoms with Crippen molar-refractivity contribution >= 4 is 0 Å². The van der Waals surface area contributed by atoms with Crippen molar-refractivity contribution in [2.45, 2.75) is 59.5 Å². The zero-order valence-electron chi connectivity index (χ0n) is 14.0. The SMILES string of the molecule is CCC(C)n1ccc(CC(NC)c2c(C)oc(C)c2C)n1. The van der Waals surface area contributed by atoms with Crippen LogP contribution in [0.5, 0.6) is 0 Å². The smallest absolute Gasteiger partial charge is 0.106 e. The van der Waals surface area contributed by atoms with Gasteiger partial charge in [0, 0.05) is 30.3 Å². The summed E-state index contributed by atoms with van der Waals surface area (Å²) in [6.07, 6.45) is 4.05. The van der Waals surface area contributed by atoms with Crippen LogP contribution in [0.2, 0.25) is 0 Å². The van der Waals surface area contributed by atoms with E-state index in [4.69, 9.17) is 9.52 Å². The summed E-state index contributed by atoms with van der Waals surface area (Å²) in [5, 5.41) is 8.11. The summed E-state index contributed by atoms with van der Waals surface area (Å²) in [7, 11) is 2.00. The molecule has 2 unspecified atom stereocenters. The van der Waals surface area contributed by atoms with Gasteiger partial charge in [-0.15, -0.1) is 0 Å². The van der Waals surface area contributed by atoms with Crippen LogP contribution in [0, 0.1) is 20.8 Å². The van der Waals surface area contributed by atoms with Gasteiger partial charge in [-0.25, -0.2) is 0 Å². The third-order valence-electron chi connectivity index (χ3n) is 4.43. The first-order valence-electron chi connectivity index (χ1n) is 7.75. The Morgan fingerprint density at radius 3 is 2.52 bits per heavy atom. The number of furan rings is 1. The minimum Gasteiger partial charge on any atom is -0.466 e. The van der Waals surface area contributed by atoms with E-state index in [1.54, 1.807) is 0 Å². The normalized spacial score (nSPS) is 14.4. The summed E-state index contributed by atoms with van der Waals surface area (Å²) >= 11 is 0. The molecule has 2 aromatic rings. The zero-order valence-corrected chi connectivity index (χ0v) is 14.0. The first kappa shape index (κ1) is 15.8. The lowest BCUT2D eigenvalue weighted by Gasteiger charge is -2.16. The van der Waals surface area contributed by atoms with Crippen LogP contribution in [0.3, 0.4) is 0 Å². The average molecular weight is 289 g/mol. The molecule has 0 aliphatic rings. The number of likely N-dealkylation sites (N-methyl/N-ethyl adjacent to an activating group) is 1. The van der Waals surface area contributed by atoms with E-state index >= 15 is 0 Å². The Morgan fingerprint density at radius 1 is 1.29 bits per heavy atom. The van der Waals surface area contributed by atoms with Crippen LogP contribution in [-0.2, 0) is 6.42 Å². The minimum absolute atomic E-state index is 0.239. The lowest BCUT2D eigenvalue weighted by molar-refractivity contribution is 0.466. The number of rotatable bonds is 6. The Kier molecular flexibility index (Phi) is 4.88. The fraction of sp³-hybridized carbons (Fsp3) is 0.588. The molecule has 0 spiro atoms. The average Bonchev–Trinajstić information content (AvgIpc) is 3.02. The fourth-order valence-electron chi connectivity index (χ4n) is 2.80. The monoisotopic (exact) mass is 289 g/mol. The summed E-state index contributed by atoms with van der Waals surface area (Å²) in [5.74, 6) is 2.01. The van der Waals surface area contributed by atoms with Crippen molar-refractivity contribution in [3.8, 4) is 0 Å². The predicted molar refractivity (Wildman–Crippen MR) is 85.7 cm³/mol. The second kappa shape index (κ2) is 6.48. The van der Waals surface area contributed by atoms with Crippen LogP contribution in [0.4, 0.5) is 0 Å². The molecule has 4 nitrogen and oxygen atoms in total. The van der Waals surface area contributed by atoms with Crippen molar-refractivity contribution in [3.63, 3.8) is 0 Å². The molecule has 1 N–H and O–H groups in total. The number of aryl methyl sites for hydroxylation is 2. The molecule has 0 radical (unpaired) electrons. The van der Waals surface area contributed by atoms with Gasteiger partial charge in [0.1, 0.15) is 11.5 Å². The highest BCUT2D eigenvalue weighted by Gasteiger charge is 2.21. The lowest BCUT2D eigenvalue weighted by Crippen LogP contribution is -2.20. The summed E-state index contributed by atoms with van der Waals surface area (Å²) in [5.41, 5.74) is 3.63. The zero-order chi connectivity index (χ0) is 15.6. The van der Waals surface area contributed by atoms with Crippen molar-refractivity contribution in [2.24, 2.45) is 0 Å². The summed E-state index contributed by atoms with van der Waals surface area (Å²) < 4.78 is 7.82. The van der Waals surface area contributed by atoms with Crippen LogP contribution >= 0.6 is 0 Å². The molecule has 2 rings (SSSR count). The lowest BCUT2D eigenvalue weighted by atomic mass is 9.98. The van der Waals surface area contributed by atoms with E-state index in [1.807, 2.05) is 20.9 Å². The highest BCUT2D eigenvalue weighted by molar-refractivity contribution is 5.35. The maximum Gasteiger partial charge on any atom is 0.106 e. The third-order valence-corrected chi connectivity index (χ3v) is 4.43. The summed E-state index contributed by atoms with van der Waals surface area (Å²) in [6.45, 7) is 10.6. The van der Waals surface area contributed by atoms with Gasteiger partial charge in [0.05, 0.1) is 5.69 Å². The molecule has 116 valence electrons. The molecule has 0 bridgehead atoms. The van der Waals surface area contributed by atoms with E-state index in [2.05, 4.69) is 43.0 Å². The van der Waals surface area contributed by atoms with Gasteiger partial charge >= 0.3 is 0 Å². The fourth-order valence-corrected chi connectivity index (χ4v) is 2.80. The van der Waals surface area contributed by atoms with Crippen molar-refractivity contribution in [1.82, 2.24) is 15.1 Å². The molecule has 0 saturated heterocycles. The Labute approximate surface area is 127 Å². The largest absolute Gasteiger partial charge is 0.466 e. The molecule has 0 saturated carbocycles. The van der Waals surface area contributed by atoms with E-state index in [0.717, 1.165) is 30.1 Å². The molecule has 4 heteroatoms. The second-order valence-electron chi connectivity index (χ2n) is 5.84. The first-order chi connectivity index (χ1) is 9.97. The molecule has 21 heavy (non-hydrogen) atoms. The highest BCUT2D eigenvalue weighted by Crippen LogP contribution is 2.29. The number of hydrogen-bond donors (Lipinski definition) is 1. The number of aromatic nitrogens is 2. The molecule has 2 aromatic heterocycles. The van der Waals surface area contributed by atoms with Gasteiger partial charge in [-0.2, -0.15) is 5.10 Å². The Bertz CT molecular complexity index is 597. The van der Waals surface area contributed by atoms with E-state index in [-0.39, 0.29) is 6.04 Å². The number of hydrogen-bond acceptors (Lipinski definition) is 3. The van der Waals surface area contributed by atoms with Crippen molar-refractivity contribution in [2.75, 3.05) is 7.05 Å². The van der Waals surface area contributed by atoms with Crippen molar-refractivity contribution in [1.29, 1.82) is 0 Å². The topological polar surface area (TPSA) is 43.0 Å². The number of nitrogens with zero attached hydrogens (tertiary/aromatic N) is 2. The van der Waals surface area contributed by atoms with Gasteiger partial charge in [-0.3, -0.25) is 4.68 Å². The van der Waals surface area contributed by atoms with E-state index < -0.39 is 0 Å². The quantitative estimate of drug-likeness (QED) is 0.877. The molecule has 0 fully saturated rings. The summed E-state index contributed by atoms with van der Waals surface area (Å²) in [4.78, 5) is 0. The van der Waals surface area contributed by atoms with Crippen molar-refractivity contribution < 1.29 is 4.42 Å². The number of nitrogens with one attached hydrogen (secondary N) is 1. The van der Waals surface area contributed by atoms with Gasteiger partial charge in [-0.05, 0) is 52.8 Å². The Morgan fingerprint density at radius 2 is 2.00 bits per heavy atom. The van der Waals surface area contributed by atoms with E-state index in [1.165, 1.54) is 11.1 Å².